The van der Waals surface area contributed by atoms with Crippen LogP contribution in [0.3, 0.4) is 0 Å². The summed E-state index contributed by atoms with van der Waals surface area (Å²) in [7, 11) is -0.394. The fourth-order valence-electron chi connectivity index (χ4n) is 3.09. The molecule has 0 saturated carbocycles. The van der Waals surface area contributed by atoms with Gasteiger partial charge in [-0.1, -0.05) is 12.1 Å². The predicted molar refractivity (Wildman–Crippen MR) is 96.4 cm³/mol. The fourth-order valence-corrected chi connectivity index (χ4v) is 5.04. The first-order chi connectivity index (χ1) is 11.8. The summed E-state index contributed by atoms with van der Waals surface area (Å²) in [6.45, 7) is 1.86. The molecule has 0 bridgehead atoms. The number of sulfonamides is 1. The summed E-state index contributed by atoms with van der Waals surface area (Å²) in [5.41, 5.74) is 2.66. The highest BCUT2D eigenvalue weighted by molar-refractivity contribution is 7.89. The van der Waals surface area contributed by atoms with Crippen LogP contribution in [0.15, 0.2) is 34.5 Å². The molecule has 3 rings (SSSR count). The lowest BCUT2D eigenvalue weighted by molar-refractivity contribution is 0.0699. The summed E-state index contributed by atoms with van der Waals surface area (Å²) in [5.74, 6) is -0.901. The Labute approximate surface area is 151 Å². The van der Waals surface area contributed by atoms with Gasteiger partial charge in [-0.25, -0.2) is 17.5 Å². The van der Waals surface area contributed by atoms with Crippen LogP contribution in [0.1, 0.15) is 26.4 Å². The van der Waals surface area contributed by atoms with Crippen molar-refractivity contribution in [3.8, 4) is 0 Å². The minimum absolute atomic E-state index is 0.370. The van der Waals surface area contributed by atoms with E-state index < -0.39 is 16.0 Å². The van der Waals surface area contributed by atoms with E-state index in [0.717, 1.165) is 16.7 Å². The normalized spacial score (nSPS) is 15.3. The molecule has 6 nitrogen and oxygen atoms in total. The van der Waals surface area contributed by atoms with Crippen LogP contribution in [0.25, 0.3) is 0 Å². The third-order valence-electron chi connectivity index (χ3n) is 4.40. The van der Waals surface area contributed by atoms with E-state index in [1.54, 1.807) is 17.5 Å². The summed E-state index contributed by atoms with van der Waals surface area (Å²) in [4.78, 5) is 14.2. The molecular formula is C17H20N2O4S2. The molecule has 0 unspecified atom stereocenters. The number of rotatable bonds is 5. The quantitative estimate of drug-likeness (QED) is 0.861. The molecule has 0 spiro atoms. The largest absolute Gasteiger partial charge is 0.477 e. The van der Waals surface area contributed by atoms with Gasteiger partial charge in [-0.3, -0.25) is 4.90 Å². The Balaban J connectivity index is 1.86. The summed E-state index contributed by atoms with van der Waals surface area (Å²) >= 11 is 1.23. The highest BCUT2D eigenvalue weighted by atomic mass is 32.2. The maximum absolute atomic E-state index is 12.5. The minimum atomic E-state index is -3.46. The van der Waals surface area contributed by atoms with Gasteiger partial charge in [-0.15, -0.1) is 11.3 Å². The maximum atomic E-state index is 12.5. The number of hydrogen-bond acceptors (Lipinski definition) is 5. The second-order valence-electron chi connectivity index (χ2n) is 6.22. The molecule has 1 aromatic carbocycles. The lowest BCUT2D eigenvalue weighted by Gasteiger charge is -2.30. The smallest absolute Gasteiger partial charge is 0.346 e. The van der Waals surface area contributed by atoms with Gasteiger partial charge >= 0.3 is 5.97 Å². The Morgan fingerprint density at radius 3 is 2.76 bits per heavy atom. The van der Waals surface area contributed by atoms with Crippen LogP contribution in [0.2, 0.25) is 0 Å². The Morgan fingerprint density at radius 1 is 1.32 bits per heavy atom. The first kappa shape index (κ1) is 18.1. The number of aromatic carboxylic acids is 1. The fraction of sp³-hybridized carbons (Fsp3) is 0.353. The zero-order valence-corrected chi connectivity index (χ0v) is 15.7. The number of carbonyl (C=O) groups is 1. The van der Waals surface area contributed by atoms with E-state index >= 15 is 0 Å². The van der Waals surface area contributed by atoms with Crippen LogP contribution < -0.4 is 0 Å². The third kappa shape index (κ3) is 3.48. The second-order valence-corrected chi connectivity index (χ2v) is 9.26. The molecule has 8 heteroatoms. The molecule has 0 fully saturated rings. The van der Waals surface area contributed by atoms with E-state index in [9.17, 15) is 18.3 Å². The first-order valence-corrected chi connectivity index (χ1v) is 10.2. The van der Waals surface area contributed by atoms with Crippen molar-refractivity contribution in [3.63, 3.8) is 0 Å². The van der Waals surface area contributed by atoms with Crippen molar-refractivity contribution in [2.45, 2.75) is 24.4 Å². The van der Waals surface area contributed by atoms with Gasteiger partial charge in [0.15, 0.2) is 0 Å². The van der Waals surface area contributed by atoms with E-state index in [2.05, 4.69) is 4.90 Å². The summed E-state index contributed by atoms with van der Waals surface area (Å²) in [6, 6.07) is 7.22. The van der Waals surface area contributed by atoms with E-state index in [1.807, 2.05) is 12.1 Å². The van der Waals surface area contributed by atoms with Crippen LogP contribution in [-0.4, -0.2) is 49.3 Å². The van der Waals surface area contributed by atoms with Crippen molar-refractivity contribution in [1.82, 2.24) is 9.21 Å². The number of benzene rings is 1. The van der Waals surface area contributed by atoms with Crippen LogP contribution >= 0.6 is 11.3 Å². The molecule has 2 aromatic rings. The molecule has 2 heterocycles. The summed E-state index contributed by atoms with van der Waals surface area (Å²) < 4.78 is 26.3. The number of fused-ring (bicyclic) bond motifs is 1. The van der Waals surface area contributed by atoms with Gasteiger partial charge in [0.1, 0.15) is 4.88 Å². The highest BCUT2D eigenvalue weighted by Crippen LogP contribution is 2.29. The van der Waals surface area contributed by atoms with Gasteiger partial charge in [0, 0.05) is 33.7 Å². The molecule has 1 N–H and O–H groups in total. The lowest BCUT2D eigenvalue weighted by atomic mass is 9.99. The van der Waals surface area contributed by atoms with Crippen molar-refractivity contribution < 1.29 is 18.3 Å². The highest BCUT2D eigenvalue weighted by Gasteiger charge is 2.27. The first-order valence-electron chi connectivity index (χ1n) is 7.86. The van der Waals surface area contributed by atoms with Crippen molar-refractivity contribution in [2.75, 3.05) is 20.6 Å². The van der Waals surface area contributed by atoms with Crippen LogP contribution in [-0.2, 0) is 29.5 Å². The van der Waals surface area contributed by atoms with Crippen molar-refractivity contribution in [3.05, 3.63) is 51.2 Å². The van der Waals surface area contributed by atoms with E-state index in [1.165, 1.54) is 29.7 Å². The Morgan fingerprint density at radius 2 is 2.08 bits per heavy atom. The van der Waals surface area contributed by atoms with Crippen molar-refractivity contribution >= 4 is 27.3 Å². The Hall–Kier alpha value is -1.74. The number of carboxylic acid groups (broad SMARTS) is 1. The lowest BCUT2D eigenvalue weighted by Crippen LogP contribution is -2.32. The SMILES string of the molecule is CN(C)S(=O)(=O)c1cccc2c1CCN(Cc1ccsc1C(=O)O)C2. The van der Waals surface area contributed by atoms with E-state index in [0.29, 0.717) is 35.8 Å². The molecule has 0 aliphatic carbocycles. The Kier molecular flexibility index (Phi) is 4.97. The van der Waals surface area contributed by atoms with E-state index in [-0.39, 0.29) is 0 Å². The molecule has 0 saturated heterocycles. The molecule has 1 aliphatic rings. The topological polar surface area (TPSA) is 77.9 Å². The monoisotopic (exact) mass is 380 g/mol. The second kappa shape index (κ2) is 6.87. The zero-order valence-electron chi connectivity index (χ0n) is 14.1. The minimum Gasteiger partial charge on any atom is -0.477 e. The number of carboxylic acids is 1. The Bertz CT molecular complexity index is 903. The van der Waals surface area contributed by atoms with E-state index in [4.69, 9.17) is 0 Å². The molecule has 25 heavy (non-hydrogen) atoms. The molecule has 0 atom stereocenters. The molecular weight excluding hydrogens is 360 g/mol. The summed E-state index contributed by atoms with van der Waals surface area (Å²) in [6.07, 6.45) is 0.630. The van der Waals surface area contributed by atoms with Gasteiger partial charge in [-0.2, -0.15) is 0 Å². The van der Waals surface area contributed by atoms with Gasteiger partial charge in [0.2, 0.25) is 10.0 Å². The van der Waals surface area contributed by atoms with Crippen molar-refractivity contribution in [2.24, 2.45) is 0 Å². The number of nitrogens with zero attached hydrogens (tertiary/aromatic N) is 2. The average Bonchev–Trinajstić information content (AvgIpc) is 3.02. The standard InChI is InChI=1S/C17H20N2O4S2/c1-18(2)25(22,23)15-5-3-4-12-10-19(8-6-14(12)15)11-13-7-9-24-16(13)17(20)21/h3-5,7,9H,6,8,10-11H2,1-2H3,(H,20,21). The number of hydrogen-bond donors (Lipinski definition) is 1. The van der Waals surface area contributed by atoms with Gasteiger partial charge in [-0.05, 0) is 40.6 Å². The van der Waals surface area contributed by atoms with Crippen LogP contribution in [0.4, 0.5) is 0 Å². The maximum Gasteiger partial charge on any atom is 0.346 e. The third-order valence-corrected chi connectivity index (χ3v) is 7.24. The predicted octanol–water partition coefficient (Wildman–Crippen LogP) is 2.25. The van der Waals surface area contributed by atoms with Crippen molar-refractivity contribution in [1.29, 1.82) is 0 Å². The molecule has 134 valence electrons. The zero-order chi connectivity index (χ0) is 18.2. The van der Waals surface area contributed by atoms with Crippen LogP contribution in [0, 0.1) is 0 Å². The van der Waals surface area contributed by atoms with Crippen LogP contribution in [0.5, 0.6) is 0 Å². The average molecular weight is 380 g/mol. The molecule has 1 aliphatic heterocycles. The molecule has 1 aromatic heterocycles. The van der Waals surface area contributed by atoms with Gasteiger partial charge < -0.3 is 5.11 Å². The van der Waals surface area contributed by atoms with Gasteiger partial charge in [0.05, 0.1) is 4.90 Å². The van der Waals surface area contributed by atoms with Gasteiger partial charge in [0.25, 0.3) is 0 Å². The molecule has 0 amide bonds. The number of thiophene rings is 1. The summed E-state index contributed by atoms with van der Waals surface area (Å²) in [5, 5.41) is 11.0. The molecule has 0 radical (unpaired) electrons.